The molecule has 1 unspecified atom stereocenters. The van der Waals surface area contributed by atoms with Crippen LogP contribution in [0, 0.1) is 17.8 Å². The van der Waals surface area contributed by atoms with Crippen molar-refractivity contribution in [2.24, 2.45) is 23.5 Å². The summed E-state index contributed by atoms with van der Waals surface area (Å²) in [6, 6.07) is 0. The maximum Gasteiger partial charge on any atom is 0.303 e. The fraction of sp³-hybridized carbons (Fsp3) is 0.833. The number of likely N-dealkylation sites (tertiary alicyclic amines) is 1. The van der Waals surface area contributed by atoms with E-state index in [1.807, 2.05) is 0 Å². The second-order valence-corrected chi connectivity index (χ2v) is 5.27. The lowest BCUT2D eigenvalue weighted by atomic mass is 9.91. The van der Waals surface area contributed by atoms with E-state index < -0.39 is 5.97 Å². The average Bonchev–Trinajstić information content (AvgIpc) is 2.17. The van der Waals surface area contributed by atoms with Gasteiger partial charge in [0.2, 0.25) is 5.91 Å². The van der Waals surface area contributed by atoms with Crippen molar-refractivity contribution >= 4 is 11.9 Å². The number of aliphatic carboxylic acids is 1. The number of carboxylic acids is 1. The molecular weight excluding hydrogens is 220 g/mol. The molecule has 0 spiro atoms. The Morgan fingerprint density at radius 2 is 2.00 bits per heavy atom. The van der Waals surface area contributed by atoms with Crippen LogP contribution in [0.5, 0.6) is 0 Å². The molecular formula is C12H22N2O3. The summed E-state index contributed by atoms with van der Waals surface area (Å²) < 4.78 is 0. The lowest BCUT2D eigenvalue weighted by molar-refractivity contribution is -0.147. The number of carboxylic acid groups (broad SMARTS) is 1. The molecule has 0 aromatic carbocycles. The van der Waals surface area contributed by atoms with Gasteiger partial charge in [-0.25, -0.2) is 0 Å². The van der Waals surface area contributed by atoms with E-state index in [-0.39, 0.29) is 24.2 Å². The summed E-state index contributed by atoms with van der Waals surface area (Å²) >= 11 is 0. The van der Waals surface area contributed by atoms with Gasteiger partial charge in [0.05, 0.1) is 12.3 Å². The fourth-order valence-corrected chi connectivity index (χ4v) is 2.25. The molecule has 1 fully saturated rings. The van der Waals surface area contributed by atoms with Crippen LogP contribution in [0.2, 0.25) is 0 Å². The highest BCUT2D eigenvalue weighted by Gasteiger charge is 2.34. The summed E-state index contributed by atoms with van der Waals surface area (Å²) in [7, 11) is 0. The largest absolute Gasteiger partial charge is 0.481 e. The number of carbonyl (C=O) groups excluding carboxylic acids is 1. The molecule has 1 rings (SSSR count). The van der Waals surface area contributed by atoms with Crippen molar-refractivity contribution < 1.29 is 14.7 Å². The lowest BCUT2D eigenvalue weighted by Crippen LogP contribution is -2.53. The second-order valence-electron chi connectivity index (χ2n) is 5.27. The van der Waals surface area contributed by atoms with E-state index in [1.165, 1.54) is 0 Å². The van der Waals surface area contributed by atoms with Gasteiger partial charge in [0, 0.05) is 25.6 Å². The van der Waals surface area contributed by atoms with E-state index >= 15 is 0 Å². The Bertz CT molecular complexity index is 285. The zero-order valence-corrected chi connectivity index (χ0v) is 10.6. The summed E-state index contributed by atoms with van der Waals surface area (Å²) in [6.45, 7) is 5.65. The molecule has 1 heterocycles. The van der Waals surface area contributed by atoms with Crippen LogP contribution in [0.1, 0.15) is 26.7 Å². The van der Waals surface area contributed by atoms with Gasteiger partial charge in [0.1, 0.15) is 0 Å². The van der Waals surface area contributed by atoms with Crippen LogP contribution < -0.4 is 5.73 Å². The van der Waals surface area contributed by atoms with Gasteiger partial charge in [-0.1, -0.05) is 13.8 Å². The van der Waals surface area contributed by atoms with Crippen molar-refractivity contribution in [3.8, 4) is 0 Å². The van der Waals surface area contributed by atoms with Gasteiger partial charge in [0.15, 0.2) is 0 Å². The van der Waals surface area contributed by atoms with Crippen molar-refractivity contribution in [2.45, 2.75) is 26.7 Å². The Kier molecular flexibility index (Phi) is 4.93. The quantitative estimate of drug-likeness (QED) is 0.712. The molecule has 1 atom stereocenters. The molecule has 0 radical (unpaired) electrons. The van der Waals surface area contributed by atoms with Crippen LogP contribution in [0.15, 0.2) is 0 Å². The first-order valence-electron chi connectivity index (χ1n) is 6.14. The minimum absolute atomic E-state index is 0.0860. The highest BCUT2D eigenvalue weighted by Crippen LogP contribution is 2.23. The first kappa shape index (κ1) is 14.0. The molecule has 1 aliphatic rings. The zero-order chi connectivity index (χ0) is 13.0. The van der Waals surface area contributed by atoms with E-state index in [9.17, 15) is 9.59 Å². The third-order valence-electron chi connectivity index (χ3n) is 3.12. The second kappa shape index (κ2) is 6.00. The normalized spacial score (nSPS) is 18.0. The summed E-state index contributed by atoms with van der Waals surface area (Å²) in [4.78, 5) is 24.2. The molecule has 1 aliphatic heterocycles. The van der Waals surface area contributed by atoms with Crippen LogP contribution in [0.4, 0.5) is 0 Å². The van der Waals surface area contributed by atoms with Crippen molar-refractivity contribution in [2.75, 3.05) is 19.6 Å². The fourth-order valence-electron chi connectivity index (χ4n) is 2.25. The molecule has 98 valence electrons. The topological polar surface area (TPSA) is 83.6 Å². The van der Waals surface area contributed by atoms with E-state index in [0.717, 1.165) is 6.42 Å². The Morgan fingerprint density at radius 3 is 2.41 bits per heavy atom. The smallest absolute Gasteiger partial charge is 0.303 e. The standard InChI is InChI=1S/C12H22N2O3/c1-8(2)3-10(5-13)12(17)14-6-9(7-14)4-11(15)16/h8-10H,3-7,13H2,1-2H3,(H,15,16). The van der Waals surface area contributed by atoms with Gasteiger partial charge in [-0.15, -0.1) is 0 Å². The molecule has 0 saturated carbocycles. The number of rotatable bonds is 6. The highest BCUT2D eigenvalue weighted by molar-refractivity contribution is 5.80. The van der Waals surface area contributed by atoms with E-state index in [1.54, 1.807) is 4.90 Å². The van der Waals surface area contributed by atoms with Crippen LogP contribution in [0.3, 0.4) is 0 Å². The lowest BCUT2D eigenvalue weighted by Gasteiger charge is -2.40. The number of hydrogen-bond acceptors (Lipinski definition) is 3. The Balaban J connectivity index is 2.36. The van der Waals surface area contributed by atoms with Crippen molar-refractivity contribution in [1.82, 2.24) is 4.90 Å². The molecule has 17 heavy (non-hydrogen) atoms. The maximum absolute atomic E-state index is 12.0. The molecule has 0 bridgehead atoms. The van der Waals surface area contributed by atoms with Crippen molar-refractivity contribution in [3.63, 3.8) is 0 Å². The Morgan fingerprint density at radius 1 is 1.41 bits per heavy atom. The van der Waals surface area contributed by atoms with Crippen LogP contribution in [0.25, 0.3) is 0 Å². The number of carbonyl (C=O) groups is 2. The van der Waals surface area contributed by atoms with Crippen molar-refractivity contribution in [3.05, 3.63) is 0 Å². The molecule has 5 nitrogen and oxygen atoms in total. The molecule has 5 heteroatoms. The Labute approximate surface area is 102 Å². The average molecular weight is 242 g/mol. The SMILES string of the molecule is CC(C)CC(CN)C(=O)N1CC(CC(=O)O)C1. The third-order valence-corrected chi connectivity index (χ3v) is 3.12. The van der Waals surface area contributed by atoms with Crippen molar-refractivity contribution in [1.29, 1.82) is 0 Å². The van der Waals surface area contributed by atoms with E-state index in [4.69, 9.17) is 10.8 Å². The predicted molar refractivity (Wildman–Crippen MR) is 64.3 cm³/mol. The first-order valence-corrected chi connectivity index (χ1v) is 6.14. The van der Waals surface area contributed by atoms with Gasteiger partial charge in [-0.05, 0) is 12.3 Å². The molecule has 3 N–H and O–H groups in total. The zero-order valence-electron chi connectivity index (χ0n) is 10.6. The van der Waals surface area contributed by atoms with Gasteiger partial charge in [-0.3, -0.25) is 9.59 Å². The minimum Gasteiger partial charge on any atom is -0.481 e. The molecule has 0 aromatic heterocycles. The summed E-state index contributed by atoms with van der Waals surface area (Å²) in [5.74, 6) is -0.249. The number of amides is 1. The van der Waals surface area contributed by atoms with Crippen LogP contribution in [-0.4, -0.2) is 41.5 Å². The predicted octanol–water partition coefficient (Wildman–Crippen LogP) is 0.541. The van der Waals surface area contributed by atoms with Gasteiger partial charge < -0.3 is 15.7 Å². The van der Waals surface area contributed by atoms with Gasteiger partial charge in [-0.2, -0.15) is 0 Å². The first-order chi connectivity index (χ1) is 7.93. The number of hydrogen-bond donors (Lipinski definition) is 2. The number of nitrogens with zero attached hydrogens (tertiary/aromatic N) is 1. The third kappa shape index (κ3) is 4.00. The molecule has 1 amide bonds. The summed E-state index contributed by atoms with van der Waals surface area (Å²) in [5, 5.41) is 8.62. The summed E-state index contributed by atoms with van der Waals surface area (Å²) in [6.07, 6.45) is 0.955. The number of nitrogens with two attached hydrogens (primary N) is 1. The minimum atomic E-state index is -0.792. The van der Waals surface area contributed by atoms with Crippen LogP contribution >= 0.6 is 0 Å². The Hall–Kier alpha value is -1.10. The van der Waals surface area contributed by atoms with E-state index in [0.29, 0.717) is 25.6 Å². The monoisotopic (exact) mass is 242 g/mol. The van der Waals surface area contributed by atoms with Crippen LogP contribution in [-0.2, 0) is 9.59 Å². The van der Waals surface area contributed by atoms with E-state index in [2.05, 4.69) is 13.8 Å². The van der Waals surface area contributed by atoms with Gasteiger partial charge in [0.25, 0.3) is 0 Å². The molecule has 1 saturated heterocycles. The summed E-state index contributed by atoms with van der Waals surface area (Å²) in [5.41, 5.74) is 5.61. The van der Waals surface area contributed by atoms with Gasteiger partial charge >= 0.3 is 5.97 Å². The highest BCUT2D eigenvalue weighted by atomic mass is 16.4. The molecule has 0 aromatic rings. The maximum atomic E-state index is 12.0. The molecule has 0 aliphatic carbocycles.